The number of hydrogen-bond acceptors (Lipinski definition) is 0. The zero-order valence-electron chi connectivity index (χ0n) is 5.53. The summed E-state index contributed by atoms with van der Waals surface area (Å²) in [4.78, 5) is 0. The van der Waals surface area contributed by atoms with Gasteiger partial charge in [0.2, 0.25) is 0 Å². The summed E-state index contributed by atoms with van der Waals surface area (Å²) >= 11 is 0. The molecule has 8 heavy (non-hydrogen) atoms. The predicted octanol–water partition coefficient (Wildman–Crippen LogP) is 1.88. The molecule has 0 bridgehead atoms. The maximum atomic E-state index is 3.50. The Morgan fingerprint density at radius 2 is 1.88 bits per heavy atom. The van der Waals surface area contributed by atoms with Gasteiger partial charge in [0.15, 0.2) is 0 Å². The fourth-order valence-corrected chi connectivity index (χ4v) is 0.125. The summed E-state index contributed by atoms with van der Waals surface area (Å²) in [6.07, 6.45) is 0.733. The van der Waals surface area contributed by atoms with E-state index in [-0.39, 0.29) is 47.5 Å². The van der Waals surface area contributed by atoms with E-state index in [1.54, 1.807) is 0 Å². The van der Waals surface area contributed by atoms with E-state index in [9.17, 15) is 0 Å². The van der Waals surface area contributed by atoms with E-state index >= 15 is 0 Å². The first kappa shape index (κ1) is 23.2. The summed E-state index contributed by atoms with van der Waals surface area (Å²) in [6, 6.07) is 0. The standard InChI is InChI=1S/C5H7.CH3.BrH.Mg/c1-3-5-4-2;;;/h1,3H2,2H3;1H3;1H;/q2*-1;;+2. The maximum absolute atomic E-state index is 3.50. The van der Waals surface area contributed by atoms with Crippen molar-refractivity contribution in [3.63, 3.8) is 0 Å². The minimum absolute atomic E-state index is 0. The van der Waals surface area contributed by atoms with Gasteiger partial charge in [0.05, 0.1) is 0 Å². The topological polar surface area (TPSA) is 0 Å². The van der Waals surface area contributed by atoms with E-state index in [2.05, 4.69) is 18.8 Å². The SMILES string of the molecule is Br.[CH2-]CC#CC.[CH3-].[Mg+2]. The van der Waals surface area contributed by atoms with Crippen LogP contribution < -0.4 is 0 Å². The van der Waals surface area contributed by atoms with Crippen LogP contribution in [0.3, 0.4) is 0 Å². The van der Waals surface area contributed by atoms with Gasteiger partial charge in [0.25, 0.3) is 0 Å². The van der Waals surface area contributed by atoms with Crippen LogP contribution in [0.4, 0.5) is 0 Å². The van der Waals surface area contributed by atoms with Gasteiger partial charge < -0.3 is 14.4 Å². The van der Waals surface area contributed by atoms with Crippen molar-refractivity contribution in [2.24, 2.45) is 0 Å². The first-order valence-electron chi connectivity index (χ1n) is 1.60. The van der Waals surface area contributed by atoms with Gasteiger partial charge in [-0.2, -0.15) is 0 Å². The second-order valence-electron chi connectivity index (χ2n) is 0.677. The zero-order valence-corrected chi connectivity index (χ0v) is 8.66. The average molecular weight is 187 g/mol. The molecule has 0 spiro atoms. The van der Waals surface area contributed by atoms with E-state index in [1.165, 1.54) is 0 Å². The third-order valence-electron chi connectivity index (χ3n) is 0.302. The molecule has 0 saturated carbocycles. The van der Waals surface area contributed by atoms with Crippen molar-refractivity contribution >= 4 is 40.0 Å². The molecule has 0 radical (unpaired) electrons. The van der Waals surface area contributed by atoms with Gasteiger partial charge in [-0.3, -0.25) is 0 Å². The molecule has 0 saturated heterocycles. The number of rotatable bonds is 0. The van der Waals surface area contributed by atoms with Crippen molar-refractivity contribution in [2.45, 2.75) is 13.3 Å². The van der Waals surface area contributed by atoms with Crippen LogP contribution in [-0.4, -0.2) is 23.1 Å². The van der Waals surface area contributed by atoms with Crippen LogP contribution in [0.2, 0.25) is 0 Å². The Hall–Kier alpha value is 0.806. The Bertz CT molecular complexity index is 60.7. The van der Waals surface area contributed by atoms with Gasteiger partial charge in [-0.05, 0) is 6.92 Å². The van der Waals surface area contributed by atoms with Crippen molar-refractivity contribution < 1.29 is 0 Å². The number of hydrogen-bond donors (Lipinski definition) is 0. The molecule has 0 unspecified atom stereocenters. The summed E-state index contributed by atoms with van der Waals surface area (Å²) in [5.41, 5.74) is 0. The minimum Gasteiger partial charge on any atom is -0.358 e. The smallest absolute Gasteiger partial charge is 0.358 e. The zero-order chi connectivity index (χ0) is 4.12. The van der Waals surface area contributed by atoms with Crippen molar-refractivity contribution in [1.82, 2.24) is 0 Å². The molecule has 0 aliphatic heterocycles. The van der Waals surface area contributed by atoms with Gasteiger partial charge in [-0.15, -0.1) is 35.2 Å². The van der Waals surface area contributed by atoms with Gasteiger partial charge in [0, 0.05) is 0 Å². The first-order valence-corrected chi connectivity index (χ1v) is 1.60. The largest absolute Gasteiger partial charge is 2.00 e. The van der Waals surface area contributed by atoms with Gasteiger partial charge >= 0.3 is 23.1 Å². The number of halogens is 1. The van der Waals surface area contributed by atoms with Crippen LogP contribution in [0.1, 0.15) is 13.3 Å². The van der Waals surface area contributed by atoms with Crippen LogP contribution in [0.25, 0.3) is 0 Å². The molecule has 0 aliphatic rings. The quantitative estimate of drug-likeness (QED) is 0.309. The van der Waals surface area contributed by atoms with E-state index < -0.39 is 0 Å². The molecule has 2 heteroatoms. The third-order valence-corrected chi connectivity index (χ3v) is 0.302. The van der Waals surface area contributed by atoms with Crippen LogP contribution in [-0.2, 0) is 0 Å². The second-order valence-corrected chi connectivity index (χ2v) is 0.677. The predicted molar refractivity (Wildman–Crippen MR) is 45.9 cm³/mol. The summed E-state index contributed by atoms with van der Waals surface area (Å²) in [5.74, 6) is 5.45. The first-order chi connectivity index (χ1) is 2.41. The molecule has 0 atom stereocenters. The minimum atomic E-state index is 0. The molecule has 0 aromatic rings. The summed E-state index contributed by atoms with van der Waals surface area (Å²) in [6.45, 7) is 5.31. The molecule has 0 aromatic heterocycles. The van der Waals surface area contributed by atoms with E-state index in [0.29, 0.717) is 0 Å². The van der Waals surface area contributed by atoms with Crippen LogP contribution >= 0.6 is 17.0 Å². The Kier molecular flexibility index (Phi) is 72.5. The Labute approximate surface area is 79.4 Å². The molecular weight excluding hydrogens is 176 g/mol. The van der Waals surface area contributed by atoms with E-state index in [0.717, 1.165) is 6.42 Å². The van der Waals surface area contributed by atoms with Gasteiger partial charge in [-0.25, -0.2) is 0 Å². The molecule has 0 aliphatic carbocycles. The van der Waals surface area contributed by atoms with E-state index in [4.69, 9.17) is 0 Å². The Morgan fingerprint density at radius 3 is 1.88 bits per heavy atom. The molecule has 0 rings (SSSR count). The molecule has 0 nitrogen and oxygen atoms in total. The monoisotopic (exact) mass is 186 g/mol. The summed E-state index contributed by atoms with van der Waals surface area (Å²) in [5, 5.41) is 0. The molecule has 0 fully saturated rings. The molecule has 0 heterocycles. The fourth-order valence-electron chi connectivity index (χ4n) is 0.125. The van der Waals surface area contributed by atoms with Crippen molar-refractivity contribution in [2.75, 3.05) is 0 Å². The fraction of sp³-hybridized carbons (Fsp3) is 0.333. The maximum Gasteiger partial charge on any atom is 2.00 e. The molecule has 0 amide bonds. The van der Waals surface area contributed by atoms with Crippen LogP contribution in [0.5, 0.6) is 0 Å². The molecule has 44 valence electrons. The molecular formula is C6H11BrMg. The van der Waals surface area contributed by atoms with Gasteiger partial charge in [-0.1, -0.05) is 0 Å². The molecule has 0 aromatic carbocycles. The second kappa shape index (κ2) is 25.0. The van der Waals surface area contributed by atoms with Crippen molar-refractivity contribution in [3.05, 3.63) is 14.4 Å². The van der Waals surface area contributed by atoms with Crippen LogP contribution in [0.15, 0.2) is 0 Å². The van der Waals surface area contributed by atoms with Gasteiger partial charge in [0.1, 0.15) is 0 Å². The summed E-state index contributed by atoms with van der Waals surface area (Å²) < 4.78 is 0. The third kappa shape index (κ3) is 29.1. The Morgan fingerprint density at radius 1 is 1.50 bits per heavy atom. The molecule has 0 N–H and O–H groups in total. The van der Waals surface area contributed by atoms with Crippen molar-refractivity contribution in [3.8, 4) is 11.8 Å². The normalized spacial score (nSPS) is 3.25. The van der Waals surface area contributed by atoms with E-state index in [1.807, 2.05) is 6.92 Å². The Balaban J connectivity index is -0.0000000267. The summed E-state index contributed by atoms with van der Waals surface area (Å²) in [7, 11) is 0. The van der Waals surface area contributed by atoms with Crippen molar-refractivity contribution in [1.29, 1.82) is 0 Å². The van der Waals surface area contributed by atoms with Crippen LogP contribution in [0, 0.1) is 26.2 Å². The average Bonchev–Trinajstić information content (AvgIpc) is 1.41.